The van der Waals surface area contributed by atoms with Crippen LogP contribution in [0.2, 0.25) is 0 Å². The number of hydrogen-bond acceptors (Lipinski definition) is 2. The number of aliphatic carboxylic acids is 1. The van der Waals surface area contributed by atoms with E-state index in [1.165, 1.54) is 11.6 Å². The lowest BCUT2D eigenvalue weighted by Crippen LogP contribution is -1.86. The lowest BCUT2D eigenvalue weighted by atomic mass is 10.2. The average molecular weight is 208 g/mol. The quantitative estimate of drug-likeness (QED) is 0.610. The van der Waals surface area contributed by atoms with Crippen molar-refractivity contribution in [3.8, 4) is 0 Å². The highest BCUT2D eigenvalue weighted by molar-refractivity contribution is 7.99. The van der Waals surface area contributed by atoms with Crippen molar-refractivity contribution in [3.05, 3.63) is 42.0 Å². The van der Waals surface area contributed by atoms with Crippen LogP contribution in [0.1, 0.15) is 5.56 Å². The number of rotatable bonds is 4. The average Bonchev–Trinajstić information content (AvgIpc) is 2.15. The van der Waals surface area contributed by atoms with Gasteiger partial charge in [0.05, 0.1) is 0 Å². The Bertz CT molecular complexity index is 328. The Morgan fingerprint density at radius 2 is 2.07 bits per heavy atom. The zero-order valence-corrected chi connectivity index (χ0v) is 8.75. The fourth-order valence-corrected chi connectivity index (χ4v) is 1.64. The van der Waals surface area contributed by atoms with Gasteiger partial charge in [-0.25, -0.2) is 4.79 Å². The summed E-state index contributed by atoms with van der Waals surface area (Å²) >= 11 is 1.62. The highest BCUT2D eigenvalue weighted by Gasteiger charge is 1.91. The molecule has 3 heteroatoms. The van der Waals surface area contributed by atoms with Crippen molar-refractivity contribution in [2.75, 3.05) is 5.75 Å². The standard InChI is InChI=1S/C11H12O2S/c1-9-4-6-10(7-5-9)14-8-2-3-11(12)13/h2-7H,8H2,1H3,(H,12,13). The smallest absolute Gasteiger partial charge is 0.328 e. The van der Waals surface area contributed by atoms with E-state index in [1.54, 1.807) is 17.8 Å². The molecule has 0 saturated carbocycles. The van der Waals surface area contributed by atoms with E-state index in [0.717, 1.165) is 4.90 Å². The first-order valence-corrected chi connectivity index (χ1v) is 5.26. The molecule has 2 nitrogen and oxygen atoms in total. The molecule has 0 spiro atoms. The Kier molecular flexibility index (Phi) is 4.26. The van der Waals surface area contributed by atoms with Gasteiger partial charge in [-0.3, -0.25) is 0 Å². The molecule has 1 rings (SSSR count). The van der Waals surface area contributed by atoms with Crippen molar-refractivity contribution in [1.82, 2.24) is 0 Å². The SMILES string of the molecule is Cc1ccc(SCC=CC(=O)O)cc1. The van der Waals surface area contributed by atoms with E-state index in [-0.39, 0.29) is 0 Å². The van der Waals surface area contributed by atoms with Crippen molar-refractivity contribution < 1.29 is 9.90 Å². The van der Waals surface area contributed by atoms with Gasteiger partial charge >= 0.3 is 5.97 Å². The van der Waals surface area contributed by atoms with Crippen molar-refractivity contribution in [3.63, 3.8) is 0 Å². The second-order valence-electron chi connectivity index (χ2n) is 2.86. The third-order valence-corrected chi connectivity index (χ3v) is 2.59. The first-order valence-electron chi connectivity index (χ1n) is 4.27. The van der Waals surface area contributed by atoms with Gasteiger partial charge in [-0.05, 0) is 19.1 Å². The van der Waals surface area contributed by atoms with Crippen molar-refractivity contribution in [1.29, 1.82) is 0 Å². The molecule has 0 radical (unpaired) electrons. The molecular formula is C11H12O2S. The maximum absolute atomic E-state index is 10.2. The topological polar surface area (TPSA) is 37.3 Å². The van der Waals surface area contributed by atoms with Crippen LogP contribution in [0.15, 0.2) is 41.3 Å². The number of benzene rings is 1. The minimum atomic E-state index is -0.894. The van der Waals surface area contributed by atoms with Gasteiger partial charge in [0, 0.05) is 16.7 Å². The molecule has 0 amide bonds. The van der Waals surface area contributed by atoms with Crippen LogP contribution in [-0.2, 0) is 4.79 Å². The van der Waals surface area contributed by atoms with E-state index >= 15 is 0 Å². The van der Waals surface area contributed by atoms with Crippen LogP contribution in [0, 0.1) is 6.92 Å². The minimum absolute atomic E-state index is 0.690. The summed E-state index contributed by atoms with van der Waals surface area (Å²) in [4.78, 5) is 11.3. The molecule has 0 aromatic heterocycles. The number of carbonyl (C=O) groups is 1. The predicted molar refractivity (Wildman–Crippen MR) is 58.7 cm³/mol. The molecule has 1 aromatic rings. The Balaban J connectivity index is 2.39. The lowest BCUT2D eigenvalue weighted by Gasteiger charge is -1.97. The molecule has 1 N–H and O–H groups in total. The van der Waals surface area contributed by atoms with Gasteiger partial charge in [-0.15, -0.1) is 11.8 Å². The molecule has 14 heavy (non-hydrogen) atoms. The normalized spacial score (nSPS) is 10.6. The Morgan fingerprint density at radius 3 is 2.64 bits per heavy atom. The largest absolute Gasteiger partial charge is 0.478 e. The fourth-order valence-electron chi connectivity index (χ4n) is 0.928. The van der Waals surface area contributed by atoms with E-state index in [2.05, 4.69) is 0 Å². The van der Waals surface area contributed by atoms with E-state index in [1.807, 2.05) is 31.2 Å². The second-order valence-corrected chi connectivity index (χ2v) is 3.96. The highest BCUT2D eigenvalue weighted by atomic mass is 32.2. The van der Waals surface area contributed by atoms with Crippen molar-refractivity contribution in [2.24, 2.45) is 0 Å². The molecule has 0 aliphatic heterocycles. The molecule has 0 aliphatic rings. The summed E-state index contributed by atoms with van der Waals surface area (Å²) in [5, 5.41) is 8.35. The summed E-state index contributed by atoms with van der Waals surface area (Å²) in [7, 11) is 0. The molecular weight excluding hydrogens is 196 g/mol. The van der Waals surface area contributed by atoms with Gasteiger partial charge in [0.15, 0.2) is 0 Å². The summed E-state index contributed by atoms with van der Waals surface area (Å²) in [6.45, 7) is 2.04. The number of aryl methyl sites for hydroxylation is 1. The van der Waals surface area contributed by atoms with Crippen LogP contribution < -0.4 is 0 Å². The number of hydrogen-bond donors (Lipinski definition) is 1. The van der Waals surface area contributed by atoms with Crippen LogP contribution in [0.4, 0.5) is 0 Å². The highest BCUT2D eigenvalue weighted by Crippen LogP contribution is 2.17. The van der Waals surface area contributed by atoms with E-state index in [9.17, 15) is 4.79 Å². The van der Waals surface area contributed by atoms with Crippen LogP contribution in [0.5, 0.6) is 0 Å². The molecule has 1 aromatic carbocycles. The Labute approximate surface area is 87.6 Å². The molecule has 0 heterocycles. The molecule has 0 fully saturated rings. The summed E-state index contributed by atoms with van der Waals surface area (Å²) in [5.41, 5.74) is 1.23. The monoisotopic (exact) mass is 208 g/mol. The van der Waals surface area contributed by atoms with Crippen molar-refractivity contribution >= 4 is 17.7 Å². The summed E-state index contributed by atoms with van der Waals surface area (Å²) in [6, 6.07) is 8.16. The Morgan fingerprint density at radius 1 is 1.43 bits per heavy atom. The molecule has 0 unspecified atom stereocenters. The van der Waals surface area contributed by atoms with Gasteiger partial charge in [0.1, 0.15) is 0 Å². The lowest BCUT2D eigenvalue weighted by molar-refractivity contribution is -0.131. The van der Waals surface area contributed by atoms with Crippen LogP contribution in [-0.4, -0.2) is 16.8 Å². The summed E-state index contributed by atoms with van der Waals surface area (Å²) in [6.07, 6.45) is 2.81. The van der Waals surface area contributed by atoms with Crippen molar-refractivity contribution in [2.45, 2.75) is 11.8 Å². The number of carboxylic acid groups (broad SMARTS) is 1. The van der Waals surface area contributed by atoms with Gasteiger partial charge in [0.2, 0.25) is 0 Å². The van der Waals surface area contributed by atoms with Crippen LogP contribution in [0.3, 0.4) is 0 Å². The van der Waals surface area contributed by atoms with E-state index in [4.69, 9.17) is 5.11 Å². The van der Waals surface area contributed by atoms with Gasteiger partial charge in [-0.2, -0.15) is 0 Å². The van der Waals surface area contributed by atoms with Crippen LogP contribution in [0.25, 0.3) is 0 Å². The van der Waals surface area contributed by atoms with Gasteiger partial charge < -0.3 is 5.11 Å². The van der Waals surface area contributed by atoms with Gasteiger partial charge in [-0.1, -0.05) is 23.8 Å². The third-order valence-electron chi connectivity index (χ3n) is 1.63. The first kappa shape index (κ1) is 10.9. The maximum atomic E-state index is 10.2. The van der Waals surface area contributed by atoms with Gasteiger partial charge in [0.25, 0.3) is 0 Å². The molecule has 0 atom stereocenters. The van der Waals surface area contributed by atoms with Crippen LogP contribution >= 0.6 is 11.8 Å². The zero-order chi connectivity index (χ0) is 10.4. The fraction of sp³-hybridized carbons (Fsp3) is 0.182. The minimum Gasteiger partial charge on any atom is -0.478 e. The predicted octanol–water partition coefficient (Wildman–Crippen LogP) is 2.73. The molecule has 74 valence electrons. The molecule has 0 saturated heterocycles. The summed E-state index contributed by atoms with van der Waals surface area (Å²) < 4.78 is 0. The maximum Gasteiger partial charge on any atom is 0.328 e. The van der Waals surface area contributed by atoms with E-state index in [0.29, 0.717) is 5.75 Å². The first-order chi connectivity index (χ1) is 6.68. The second kappa shape index (κ2) is 5.50. The number of carboxylic acids is 1. The molecule has 0 bridgehead atoms. The Hall–Kier alpha value is -1.22. The number of thioether (sulfide) groups is 1. The molecule has 0 aliphatic carbocycles. The third kappa shape index (κ3) is 4.14. The summed E-state index contributed by atoms with van der Waals surface area (Å²) in [5.74, 6) is -0.204. The van der Waals surface area contributed by atoms with E-state index < -0.39 is 5.97 Å². The zero-order valence-electron chi connectivity index (χ0n) is 7.93.